The van der Waals surface area contributed by atoms with Crippen LogP contribution < -0.4 is 10.6 Å². The molecule has 1 amide bonds. The molecule has 4 N–H and O–H groups in total. The number of hydrogen-bond acceptors (Lipinski definition) is 6. The molecule has 0 spiro atoms. The van der Waals surface area contributed by atoms with E-state index < -0.39 is 18.2 Å². The van der Waals surface area contributed by atoms with E-state index in [0.29, 0.717) is 18.7 Å². The van der Waals surface area contributed by atoms with E-state index in [9.17, 15) is 15.0 Å². The summed E-state index contributed by atoms with van der Waals surface area (Å²) in [7, 11) is 0. The molecule has 3 atom stereocenters. The van der Waals surface area contributed by atoms with Crippen molar-refractivity contribution in [2.24, 2.45) is 0 Å². The lowest BCUT2D eigenvalue weighted by molar-refractivity contribution is -0.124. The molecule has 1 fully saturated rings. The minimum atomic E-state index is -0.502. The molecule has 7 nitrogen and oxygen atoms in total. The number of hydrogen-bond donors (Lipinski definition) is 4. The molecule has 2 aromatic rings. The number of oxazole rings is 1. The fraction of sp³-hybridized carbons (Fsp3) is 0.412. The van der Waals surface area contributed by atoms with Crippen LogP contribution in [0.25, 0.3) is 11.3 Å². The largest absolute Gasteiger partial charge is 0.443 e. The number of aryl methyl sites for hydroxylation is 1. The Morgan fingerprint density at radius 1 is 1.46 bits per heavy atom. The highest BCUT2D eigenvalue weighted by Gasteiger charge is 2.29. The molecule has 3 rings (SSSR count). The number of aliphatic hydroxyl groups excluding tert-OH is 2. The Bertz CT molecular complexity index is 698. The monoisotopic (exact) mass is 331 g/mol. The van der Waals surface area contributed by atoms with Gasteiger partial charge in [0, 0.05) is 12.1 Å². The van der Waals surface area contributed by atoms with Crippen molar-refractivity contribution in [2.45, 2.75) is 31.5 Å². The third-order valence-electron chi connectivity index (χ3n) is 4.24. The number of benzene rings is 1. The van der Waals surface area contributed by atoms with Crippen LogP contribution in [-0.4, -0.2) is 46.4 Å². The van der Waals surface area contributed by atoms with Gasteiger partial charge in [-0.15, -0.1) is 0 Å². The lowest BCUT2D eigenvalue weighted by Gasteiger charge is -2.19. The van der Waals surface area contributed by atoms with Gasteiger partial charge in [-0.25, -0.2) is 4.98 Å². The van der Waals surface area contributed by atoms with Crippen LogP contribution in [0.5, 0.6) is 0 Å². The average molecular weight is 331 g/mol. The molecule has 0 aliphatic carbocycles. The number of β-amino-alcohol motifs (C(OH)–C–C–N with tert-alkyl or cyclic N) is 1. The summed E-state index contributed by atoms with van der Waals surface area (Å²) in [6.45, 7) is 2.07. The SMILES string of the molecule is Cc1ncoc1-c1ccc([C@H](CO)NC(=O)[C@@H]2CC(O)CN2)cc1. The second-order valence-electron chi connectivity index (χ2n) is 5.98. The minimum Gasteiger partial charge on any atom is -0.443 e. The van der Waals surface area contributed by atoms with Crippen LogP contribution in [0.15, 0.2) is 35.1 Å². The zero-order valence-corrected chi connectivity index (χ0v) is 13.4. The molecule has 1 aliphatic rings. The molecule has 1 unspecified atom stereocenters. The Labute approximate surface area is 139 Å². The first-order chi connectivity index (χ1) is 11.6. The van der Waals surface area contributed by atoms with E-state index in [1.165, 1.54) is 6.39 Å². The Morgan fingerprint density at radius 3 is 2.75 bits per heavy atom. The molecule has 1 aliphatic heterocycles. The number of aliphatic hydroxyl groups is 2. The molecule has 128 valence electrons. The first-order valence-electron chi connectivity index (χ1n) is 7.91. The Balaban J connectivity index is 1.69. The summed E-state index contributed by atoms with van der Waals surface area (Å²) in [6, 6.07) is 6.50. The molecule has 0 saturated carbocycles. The van der Waals surface area contributed by atoms with Crippen molar-refractivity contribution in [3.05, 3.63) is 41.9 Å². The van der Waals surface area contributed by atoms with E-state index in [1.54, 1.807) is 0 Å². The Kier molecular flexibility index (Phi) is 4.94. The van der Waals surface area contributed by atoms with Crippen molar-refractivity contribution in [1.82, 2.24) is 15.6 Å². The minimum absolute atomic E-state index is 0.207. The maximum atomic E-state index is 12.2. The predicted octanol–water partition coefficient (Wildman–Crippen LogP) is 0.522. The lowest BCUT2D eigenvalue weighted by atomic mass is 10.0. The molecule has 1 aromatic carbocycles. The molecule has 1 saturated heterocycles. The second-order valence-corrected chi connectivity index (χ2v) is 5.98. The summed E-state index contributed by atoms with van der Waals surface area (Å²) >= 11 is 0. The van der Waals surface area contributed by atoms with Gasteiger partial charge in [0.15, 0.2) is 12.2 Å². The zero-order chi connectivity index (χ0) is 17.1. The topological polar surface area (TPSA) is 108 Å². The maximum absolute atomic E-state index is 12.2. The summed E-state index contributed by atoms with van der Waals surface area (Å²) in [6.07, 6.45) is 1.28. The number of amides is 1. The molecule has 2 heterocycles. The van der Waals surface area contributed by atoms with Crippen molar-refractivity contribution in [3.8, 4) is 11.3 Å². The fourth-order valence-corrected chi connectivity index (χ4v) is 2.87. The van der Waals surface area contributed by atoms with Crippen LogP contribution in [0.4, 0.5) is 0 Å². The van der Waals surface area contributed by atoms with Crippen LogP contribution in [0.2, 0.25) is 0 Å². The standard InChI is InChI=1S/C17H21N3O4/c1-10-16(24-9-19-10)12-4-2-11(3-5-12)15(8-21)20-17(23)14-6-13(22)7-18-14/h2-5,9,13-15,18,21-22H,6-8H2,1H3,(H,20,23)/t13?,14-,15-/m0/s1. The first-order valence-corrected chi connectivity index (χ1v) is 7.91. The van der Waals surface area contributed by atoms with Gasteiger partial charge < -0.3 is 25.3 Å². The molecular formula is C17H21N3O4. The normalized spacial score (nSPS) is 21.6. The summed E-state index contributed by atoms with van der Waals surface area (Å²) in [5, 5.41) is 24.9. The van der Waals surface area contributed by atoms with Crippen molar-refractivity contribution in [1.29, 1.82) is 0 Å². The van der Waals surface area contributed by atoms with Gasteiger partial charge in [0.05, 0.1) is 30.5 Å². The van der Waals surface area contributed by atoms with Gasteiger partial charge in [-0.05, 0) is 18.9 Å². The third-order valence-corrected chi connectivity index (χ3v) is 4.24. The Hall–Kier alpha value is -2.22. The van der Waals surface area contributed by atoms with E-state index in [-0.39, 0.29) is 12.5 Å². The average Bonchev–Trinajstić information content (AvgIpc) is 3.21. The van der Waals surface area contributed by atoms with E-state index in [1.807, 2.05) is 31.2 Å². The third kappa shape index (κ3) is 3.48. The lowest BCUT2D eigenvalue weighted by Crippen LogP contribution is -2.42. The number of aromatic nitrogens is 1. The molecule has 1 aromatic heterocycles. The number of carbonyl (C=O) groups is 1. The van der Waals surface area contributed by atoms with Gasteiger partial charge in [0.25, 0.3) is 0 Å². The summed E-state index contributed by atoms with van der Waals surface area (Å²) in [5.74, 6) is 0.482. The van der Waals surface area contributed by atoms with E-state index in [4.69, 9.17) is 4.42 Å². The predicted molar refractivity (Wildman–Crippen MR) is 87.1 cm³/mol. The highest BCUT2D eigenvalue weighted by molar-refractivity contribution is 5.82. The molecule has 24 heavy (non-hydrogen) atoms. The van der Waals surface area contributed by atoms with E-state index in [0.717, 1.165) is 16.8 Å². The first kappa shape index (κ1) is 16.6. The summed E-state index contributed by atoms with van der Waals surface area (Å²) < 4.78 is 5.36. The highest BCUT2D eigenvalue weighted by atomic mass is 16.3. The molecule has 0 radical (unpaired) electrons. The van der Waals surface area contributed by atoms with Gasteiger partial charge in [-0.3, -0.25) is 4.79 Å². The fourth-order valence-electron chi connectivity index (χ4n) is 2.87. The smallest absolute Gasteiger partial charge is 0.237 e. The molecule has 0 bridgehead atoms. The number of rotatable bonds is 5. The number of nitrogens with zero attached hydrogens (tertiary/aromatic N) is 1. The van der Waals surface area contributed by atoms with Crippen LogP contribution in [-0.2, 0) is 4.79 Å². The van der Waals surface area contributed by atoms with Gasteiger partial charge in [-0.2, -0.15) is 0 Å². The van der Waals surface area contributed by atoms with Gasteiger partial charge in [0.1, 0.15) is 0 Å². The molecular weight excluding hydrogens is 310 g/mol. The van der Waals surface area contributed by atoms with Crippen LogP contribution in [0.3, 0.4) is 0 Å². The maximum Gasteiger partial charge on any atom is 0.237 e. The summed E-state index contributed by atoms with van der Waals surface area (Å²) in [4.78, 5) is 16.3. The van der Waals surface area contributed by atoms with E-state index >= 15 is 0 Å². The second kappa shape index (κ2) is 7.12. The van der Waals surface area contributed by atoms with Crippen molar-refractivity contribution >= 4 is 5.91 Å². The van der Waals surface area contributed by atoms with Gasteiger partial charge in [0.2, 0.25) is 5.91 Å². The molecule has 7 heteroatoms. The van der Waals surface area contributed by atoms with Crippen molar-refractivity contribution in [3.63, 3.8) is 0 Å². The number of nitrogens with one attached hydrogen (secondary N) is 2. The van der Waals surface area contributed by atoms with Gasteiger partial charge in [-0.1, -0.05) is 24.3 Å². The highest BCUT2D eigenvalue weighted by Crippen LogP contribution is 2.24. The Morgan fingerprint density at radius 2 is 2.21 bits per heavy atom. The quantitative estimate of drug-likeness (QED) is 0.636. The van der Waals surface area contributed by atoms with Gasteiger partial charge >= 0.3 is 0 Å². The van der Waals surface area contributed by atoms with Crippen molar-refractivity contribution < 1.29 is 19.4 Å². The van der Waals surface area contributed by atoms with E-state index in [2.05, 4.69) is 15.6 Å². The number of carbonyl (C=O) groups excluding carboxylic acids is 1. The van der Waals surface area contributed by atoms with Crippen LogP contribution >= 0.6 is 0 Å². The van der Waals surface area contributed by atoms with Crippen LogP contribution in [0.1, 0.15) is 23.7 Å². The van der Waals surface area contributed by atoms with Crippen molar-refractivity contribution in [2.75, 3.05) is 13.2 Å². The van der Waals surface area contributed by atoms with Crippen LogP contribution in [0, 0.1) is 6.92 Å². The summed E-state index contributed by atoms with van der Waals surface area (Å²) in [5.41, 5.74) is 2.49. The zero-order valence-electron chi connectivity index (χ0n) is 13.4.